The van der Waals surface area contributed by atoms with E-state index in [1.165, 1.54) is 0 Å². The molecule has 118 valence electrons. The number of aryl methyl sites for hydroxylation is 1. The molecule has 0 saturated carbocycles. The third-order valence-electron chi connectivity index (χ3n) is 3.98. The van der Waals surface area contributed by atoms with Gasteiger partial charge in [-0.1, -0.05) is 11.6 Å². The van der Waals surface area contributed by atoms with Crippen LogP contribution in [-0.2, 0) is 17.9 Å². The molecule has 23 heavy (non-hydrogen) atoms. The van der Waals surface area contributed by atoms with Crippen molar-refractivity contribution < 1.29 is 4.74 Å². The standard InChI is InChI=1S/C16H16ClN5O/c1-3-23-8-15-19-16-12-6-11(17)4-5-13(12)21-9-18-10(2)14(21)7-22(16)20-15/h4-6,9H,3,7-8H2,1-2H3. The summed E-state index contributed by atoms with van der Waals surface area (Å²) in [5.74, 6) is 1.48. The lowest BCUT2D eigenvalue weighted by atomic mass is 10.1. The van der Waals surface area contributed by atoms with Crippen LogP contribution in [0.2, 0.25) is 5.02 Å². The number of ether oxygens (including phenoxy) is 1. The minimum atomic E-state index is 0.407. The van der Waals surface area contributed by atoms with Gasteiger partial charge in [0.25, 0.3) is 0 Å². The fourth-order valence-electron chi connectivity index (χ4n) is 2.85. The maximum atomic E-state index is 6.21. The Bertz CT molecular complexity index is 883. The number of hydrogen-bond acceptors (Lipinski definition) is 4. The first-order valence-corrected chi connectivity index (χ1v) is 7.89. The Labute approximate surface area is 138 Å². The molecule has 0 unspecified atom stereocenters. The third-order valence-corrected chi connectivity index (χ3v) is 4.22. The molecule has 0 bridgehead atoms. The van der Waals surface area contributed by atoms with Gasteiger partial charge < -0.3 is 9.30 Å². The zero-order chi connectivity index (χ0) is 16.0. The van der Waals surface area contributed by atoms with Crippen molar-refractivity contribution >= 4 is 11.6 Å². The van der Waals surface area contributed by atoms with Crippen LogP contribution in [0.15, 0.2) is 24.5 Å². The third kappa shape index (κ3) is 2.34. The van der Waals surface area contributed by atoms with Gasteiger partial charge in [-0.2, -0.15) is 5.10 Å². The summed E-state index contributed by atoms with van der Waals surface area (Å²) in [6, 6.07) is 5.80. The van der Waals surface area contributed by atoms with E-state index < -0.39 is 0 Å². The molecule has 2 aromatic heterocycles. The molecule has 3 aromatic rings. The van der Waals surface area contributed by atoms with Crippen molar-refractivity contribution in [1.82, 2.24) is 24.3 Å². The molecule has 3 heterocycles. The van der Waals surface area contributed by atoms with Crippen LogP contribution in [0.25, 0.3) is 17.1 Å². The van der Waals surface area contributed by atoms with Gasteiger partial charge in [-0.25, -0.2) is 14.6 Å². The number of benzene rings is 1. The van der Waals surface area contributed by atoms with Gasteiger partial charge in [-0.15, -0.1) is 0 Å². The highest BCUT2D eigenvalue weighted by molar-refractivity contribution is 6.31. The summed E-state index contributed by atoms with van der Waals surface area (Å²) >= 11 is 6.21. The zero-order valence-electron chi connectivity index (χ0n) is 13.0. The van der Waals surface area contributed by atoms with Crippen LogP contribution in [-0.4, -0.2) is 30.9 Å². The van der Waals surface area contributed by atoms with Gasteiger partial charge in [0.2, 0.25) is 0 Å². The molecule has 1 aromatic carbocycles. The van der Waals surface area contributed by atoms with Crippen molar-refractivity contribution in [3.63, 3.8) is 0 Å². The Morgan fingerprint density at radius 1 is 1.35 bits per heavy atom. The van der Waals surface area contributed by atoms with Crippen LogP contribution in [0.5, 0.6) is 0 Å². The fraction of sp³-hybridized carbons (Fsp3) is 0.312. The van der Waals surface area contributed by atoms with Crippen molar-refractivity contribution in [2.75, 3.05) is 6.61 Å². The van der Waals surface area contributed by atoms with Crippen LogP contribution in [0.4, 0.5) is 0 Å². The fourth-order valence-corrected chi connectivity index (χ4v) is 3.03. The SMILES string of the molecule is CCOCc1nc2n(n1)Cc1c(C)ncn1-c1ccc(Cl)cc1-2. The molecule has 0 atom stereocenters. The van der Waals surface area contributed by atoms with Gasteiger partial charge in [0.15, 0.2) is 11.6 Å². The van der Waals surface area contributed by atoms with E-state index in [2.05, 4.69) is 19.6 Å². The van der Waals surface area contributed by atoms with E-state index in [0.29, 0.717) is 30.6 Å². The molecule has 6 nitrogen and oxygen atoms in total. The smallest absolute Gasteiger partial charge is 0.176 e. The summed E-state index contributed by atoms with van der Waals surface area (Å²) in [6.45, 7) is 5.62. The molecular weight excluding hydrogens is 314 g/mol. The Kier molecular flexibility index (Phi) is 3.43. The second-order valence-corrected chi connectivity index (χ2v) is 5.89. The van der Waals surface area contributed by atoms with E-state index in [-0.39, 0.29) is 0 Å². The highest BCUT2D eigenvalue weighted by atomic mass is 35.5. The number of halogens is 1. The second-order valence-electron chi connectivity index (χ2n) is 5.45. The van der Waals surface area contributed by atoms with E-state index in [0.717, 1.165) is 28.5 Å². The van der Waals surface area contributed by atoms with E-state index in [1.54, 1.807) is 0 Å². The number of aromatic nitrogens is 5. The van der Waals surface area contributed by atoms with Crippen LogP contribution >= 0.6 is 11.6 Å². The molecule has 0 N–H and O–H groups in total. The van der Waals surface area contributed by atoms with Crippen molar-refractivity contribution in [3.05, 3.63) is 46.8 Å². The maximum absolute atomic E-state index is 6.21. The summed E-state index contributed by atoms with van der Waals surface area (Å²) in [5.41, 5.74) is 4.05. The maximum Gasteiger partial charge on any atom is 0.176 e. The van der Waals surface area contributed by atoms with Gasteiger partial charge in [0.1, 0.15) is 6.61 Å². The largest absolute Gasteiger partial charge is 0.374 e. The molecule has 4 rings (SSSR count). The number of rotatable bonds is 3. The van der Waals surface area contributed by atoms with E-state index in [9.17, 15) is 0 Å². The normalized spacial score (nSPS) is 12.5. The Hall–Kier alpha value is -2.18. The lowest BCUT2D eigenvalue weighted by molar-refractivity contribution is 0.128. The Morgan fingerprint density at radius 3 is 3.04 bits per heavy atom. The minimum Gasteiger partial charge on any atom is -0.374 e. The van der Waals surface area contributed by atoms with Crippen molar-refractivity contribution in [2.45, 2.75) is 27.0 Å². The summed E-state index contributed by atoms with van der Waals surface area (Å²) in [7, 11) is 0. The van der Waals surface area contributed by atoms with Gasteiger partial charge in [0.05, 0.1) is 29.9 Å². The Balaban J connectivity index is 1.93. The first-order chi connectivity index (χ1) is 11.2. The number of imidazole rings is 1. The lowest BCUT2D eigenvalue weighted by Crippen LogP contribution is -2.06. The summed E-state index contributed by atoms with van der Waals surface area (Å²) in [6.07, 6.45) is 1.84. The Morgan fingerprint density at radius 2 is 2.22 bits per heavy atom. The molecule has 0 radical (unpaired) electrons. The molecule has 0 amide bonds. The van der Waals surface area contributed by atoms with Crippen molar-refractivity contribution in [3.8, 4) is 17.1 Å². The zero-order valence-corrected chi connectivity index (χ0v) is 13.7. The number of fused-ring (bicyclic) bond motifs is 5. The van der Waals surface area contributed by atoms with E-state index in [1.807, 2.05) is 43.1 Å². The van der Waals surface area contributed by atoms with Gasteiger partial charge in [-0.3, -0.25) is 0 Å². The quantitative estimate of drug-likeness (QED) is 0.580. The van der Waals surface area contributed by atoms with Gasteiger partial charge in [0, 0.05) is 17.2 Å². The predicted molar refractivity (Wildman–Crippen MR) is 86.8 cm³/mol. The summed E-state index contributed by atoms with van der Waals surface area (Å²) < 4.78 is 9.42. The first-order valence-electron chi connectivity index (χ1n) is 7.52. The minimum absolute atomic E-state index is 0.407. The van der Waals surface area contributed by atoms with Crippen LogP contribution in [0.3, 0.4) is 0 Å². The van der Waals surface area contributed by atoms with Crippen LogP contribution in [0, 0.1) is 6.92 Å². The van der Waals surface area contributed by atoms with Crippen LogP contribution < -0.4 is 0 Å². The predicted octanol–water partition coefficient (Wildman–Crippen LogP) is 2.99. The monoisotopic (exact) mass is 329 g/mol. The lowest BCUT2D eigenvalue weighted by Gasteiger charge is -2.08. The molecule has 0 fully saturated rings. The van der Waals surface area contributed by atoms with E-state index >= 15 is 0 Å². The number of nitrogens with zero attached hydrogens (tertiary/aromatic N) is 5. The van der Waals surface area contributed by atoms with Gasteiger partial charge >= 0.3 is 0 Å². The molecule has 0 spiro atoms. The van der Waals surface area contributed by atoms with Crippen molar-refractivity contribution in [2.24, 2.45) is 0 Å². The topological polar surface area (TPSA) is 57.8 Å². The highest BCUT2D eigenvalue weighted by Gasteiger charge is 2.24. The van der Waals surface area contributed by atoms with Crippen molar-refractivity contribution in [1.29, 1.82) is 0 Å². The van der Waals surface area contributed by atoms with Crippen LogP contribution in [0.1, 0.15) is 24.1 Å². The summed E-state index contributed by atoms with van der Waals surface area (Å²) in [4.78, 5) is 9.09. The average Bonchev–Trinajstić information content (AvgIpc) is 3.07. The summed E-state index contributed by atoms with van der Waals surface area (Å²) in [5, 5.41) is 5.26. The molecular formula is C16H16ClN5O. The molecule has 0 aliphatic carbocycles. The molecule has 7 heteroatoms. The van der Waals surface area contributed by atoms with Gasteiger partial charge in [-0.05, 0) is 32.0 Å². The average molecular weight is 330 g/mol. The second kappa shape index (κ2) is 5.47. The molecule has 1 aliphatic rings. The molecule has 0 saturated heterocycles. The first kappa shape index (κ1) is 14.4. The van der Waals surface area contributed by atoms with E-state index in [4.69, 9.17) is 16.3 Å². The number of hydrogen-bond donors (Lipinski definition) is 0. The highest BCUT2D eigenvalue weighted by Crippen LogP contribution is 2.33. The molecule has 1 aliphatic heterocycles.